The Morgan fingerprint density at radius 1 is 1.19 bits per heavy atom. The number of rotatable bonds is 4. The van der Waals surface area contributed by atoms with Crippen molar-refractivity contribution in [3.8, 4) is 0 Å². The van der Waals surface area contributed by atoms with E-state index < -0.39 is 0 Å². The molecule has 1 aromatic heterocycles. The van der Waals surface area contributed by atoms with Gasteiger partial charge in [0.05, 0.1) is 6.20 Å². The predicted octanol–water partition coefficient (Wildman–Crippen LogP) is 1.59. The highest BCUT2D eigenvalue weighted by Crippen LogP contribution is 2.09. The molecule has 1 unspecified atom stereocenters. The van der Waals surface area contributed by atoms with Crippen LogP contribution in [0, 0.1) is 0 Å². The highest BCUT2D eigenvalue weighted by Gasteiger charge is 2.04. The second-order valence-electron chi connectivity index (χ2n) is 3.49. The van der Waals surface area contributed by atoms with Gasteiger partial charge in [-0.2, -0.15) is 0 Å². The summed E-state index contributed by atoms with van der Waals surface area (Å²) in [5, 5.41) is 3.14. The third kappa shape index (κ3) is 2.77. The highest BCUT2D eigenvalue weighted by atomic mass is 15.0. The average Bonchev–Trinajstić information content (AvgIpc) is 2.38. The molecule has 0 aliphatic carbocycles. The molecule has 3 N–H and O–H groups in total. The molecule has 1 heterocycles. The first kappa shape index (κ1) is 10.6. The topological polar surface area (TPSA) is 63.8 Å². The van der Waals surface area contributed by atoms with E-state index in [-0.39, 0.29) is 6.04 Å². The van der Waals surface area contributed by atoms with Gasteiger partial charge in [0.25, 0.3) is 0 Å². The summed E-state index contributed by atoms with van der Waals surface area (Å²) in [4.78, 5) is 8.08. The van der Waals surface area contributed by atoms with Gasteiger partial charge in [0.1, 0.15) is 5.82 Å². The van der Waals surface area contributed by atoms with E-state index in [0.717, 1.165) is 11.4 Å². The number of nitrogens with one attached hydrogen (secondary N) is 1. The molecule has 1 aromatic carbocycles. The molecule has 4 nitrogen and oxygen atoms in total. The lowest BCUT2D eigenvalue weighted by Gasteiger charge is -2.12. The number of anilines is 1. The molecule has 2 rings (SSSR count). The van der Waals surface area contributed by atoms with Crippen LogP contribution in [0.4, 0.5) is 5.82 Å². The van der Waals surface area contributed by atoms with Crippen LogP contribution in [0.15, 0.2) is 48.9 Å². The molecule has 16 heavy (non-hydrogen) atoms. The van der Waals surface area contributed by atoms with Crippen molar-refractivity contribution in [1.29, 1.82) is 0 Å². The Hall–Kier alpha value is -1.94. The second-order valence-corrected chi connectivity index (χ2v) is 3.49. The third-order valence-electron chi connectivity index (χ3n) is 2.29. The third-order valence-corrected chi connectivity index (χ3v) is 2.29. The first-order valence-corrected chi connectivity index (χ1v) is 5.16. The second kappa shape index (κ2) is 5.23. The lowest BCUT2D eigenvalue weighted by molar-refractivity contribution is 0.761. The predicted molar refractivity (Wildman–Crippen MR) is 63.9 cm³/mol. The molecule has 0 aliphatic rings. The van der Waals surface area contributed by atoms with Crippen molar-refractivity contribution in [2.45, 2.75) is 6.04 Å². The molecule has 0 radical (unpaired) electrons. The summed E-state index contributed by atoms with van der Waals surface area (Å²) in [6, 6.07) is 9.94. The Balaban J connectivity index is 1.92. The summed E-state index contributed by atoms with van der Waals surface area (Å²) in [6.45, 7) is 0.642. The summed E-state index contributed by atoms with van der Waals surface area (Å²) < 4.78 is 0. The van der Waals surface area contributed by atoms with E-state index in [4.69, 9.17) is 5.73 Å². The number of aromatic nitrogens is 2. The van der Waals surface area contributed by atoms with Crippen LogP contribution in [0.5, 0.6) is 0 Å². The van der Waals surface area contributed by atoms with Crippen molar-refractivity contribution in [3.63, 3.8) is 0 Å². The van der Waals surface area contributed by atoms with E-state index in [2.05, 4.69) is 15.3 Å². The molecule has 4 heteroatoms. The van der Waals surface area contributed by atoms with Gasteiger partial charge in [0.2, 0.25) is 0 Å². The maximum atomic E-state index is 6.03. The Bertz CT molecular complexity index is 416. The molecule has 0 bridgehead atoms. The van der Waals surface area contributed by atoms with E-state index in [1.165, 1.54) is 0 Å². The first-order valence-electron chi connectivity index (χ1n) is 5.16. The standard InChI is InChI=1S/C12H14N4/c13-11(10-4-2-1-3-5-10)8-16-12-9-14-6-7-15-12/h1-7,9,11H,8,13H2,(H,15,16). The van der Waals surface area contributed by atoms with Gasteiger partial charge in [-0.1, -0.05) is 30.3 Å². The Labute approximate surface area is 94.5 Å². The largest absolute Gasteiger partial charge is 0.367 e. The number of nitrogens with two attached hydrogens (primary N) is 1. The van der Waals surface area contributed by atoms with Crippen molar-refractivity contribution in [3.05, 3.63) is 54.5 Å². The molecule has 0 saturated carbocycles. The van der Waals surface area contributed by atoms with Gasteiger partial charge in [0.15, 0.2) is 0 Å². The molecule has 0 spiro atoms. The van der Waals surface area contributed by atoms with Crippen molar-refractivity contribution in [1.82, 2.24) is 9.97 Å². The lowest BCUT2D eigenvalue weighted by atomic mass is 10.1. The minimum atomic E-state index is -0.0387. The fourth-order valence-corrected chi connectivity index (χ4v) is 1.42. The van der Waals surface area contributed by atoms with Gasteiger partial charge in [-0.25, -0.2) is 4.98 Å². The quantitative estimate of drug-likeness (QED) is 0.811. The smallest absolute Gasteiger partial charge is 0.144 e. The van der Waals surface area contributed by atoms with Crippen LogP contribution in [0.3, 0.4) is 0 Å². The number of benzene rings is 1. The van der Waals surface area contributed by atoms with E-state index >= 15 is 0 Å². The molecule has 2 aromatic rings. The summed E-state index contributed by atoms with van der Waals surface area (Å²) in [6.07, 6.45) is 4.97. The Kier molecular flexibility index (Phi) is 3.46. The zero-order chi connectivity index (χ0) is 11.2. The van der Waals surface area contributed by atoms with Crippen LogP contribution in [0.2, 0.25) is 0 Å². The van der Waals surface area contributed by atoms with E-state index in [0.29, 0.717) is 6.54 Å². The summed E-state index contributed by atoms with van der Waals surface area (Å²) in [7, 11) is 0. The Morgan fingerprint density at radius 2 is 2.00 bits per heavy atom. The molecule has 0 saturated heterocycles. The summed E-state index contributed by atoms with van der Waals surface area (Å²) in [5.74, 6) is 0.744. The van der Waals surface area contributed by atoms with Crippen LogP contribution in [-0.2, 0) is 0 Å². The Morgan fingerprint density at radius 3 is 2.69 bits per heavy atom. The van der Waals surface area contributed by atoms with Crippen LogP contribution >= 0.6 is 0 Å². The van der Waals surface area contributed by atoms with Gasteiger partial charge in [-0.05, 0) is 5.56 Å². The van der Waals surface area contributed by atoms with Gasteiger partial charge < -0.3 is 11.1 Å². The lowest BCUT2D eigenvalue weighted by Crippen LogP contribution is -2.20. The minimum absolute atomic E-state index is 0.0387. The molecule has 0 amide bonds. The van der Waals surface area contributed by atoms with Crippen LogP contribution in [0.1, 0.15) is 11.6 Å². The highest BCUT2D eigenvalue weighted by molar-refractivity contribution is 5.31. The number of nitrogens with zero attached hydrogens (tertiary/aromatic N) is 2. The monoisotopic (exact) mass is 214 g/mol. The van der Waals surface area contributed by atoms with Crippen molar-refractivity contribution in [2.75, 3.05) is 11.9 Å². The fourth-order valence-electron chi connectivity index (χ4n) is 1.42. The van der Waals surface area contributed by atoms with Crippen molar-refractivity contribution < 1.29 is 0 Å². The van der Waals surface area contributed by atoms with Gasteiger partial charge >= 0.3 is 0 Å². The van der Waals surface area contributed by atoms with Gasteiger partial charge in [-0.3, -0.25) is 4.98 Å². The zero-order valence-electron chi connectivity index (χ0n) is 8.88. The van der Waals surface area contributed by atoms with Crippen LogP contribution < -0.4 is 11.1 Å². The minimum Gasteiger partial charge on any atom is -0.367 e. The van der Waals surface area contributed by atoms with Gasteiger partial charge in [0, 0.05) is 25.0 Å². The maximum absolute atomic E-state index is 6.03. The van der Waals surface area contributed by atoms with Gasteiger partial charge in [-0.15, -0.1) is 0 Å². The number of hydrogen-bond acceptors (Lipinski definition) is 4. The average molecular weight is 214 g/mol. The summed E-state index contributed by atoms with van der Waals surface area (Å²) in [5.41, 5.74) is 7.14. The molecule has 82 valence electrons. The molecular weight excluding hydrogens is 200 g/mol. The number of hydrogen-bond donors (Lipinski definition) is 2. The van der Waals surface area contributed by atoms with E-state index in [9.17, 15) is 0 Å². The molecular formula is C12H14N4. The molecule has 1 atom stereocenters. The molecule has 0 fully saturated rings. The first-order chi connectivity index (χ1) is 7.86. The summed E-state index contributed by atoms with van der Waals surface area (Å²) >= 11 is 0. The van der Waals surface area contributed by atoms with Crippen molar-refractivity contribution >= 4 is 5.82 Å². The van der Waals surface area contributed by atoms with E-state index in [1.807, 2.05) is 30.3 Å². The normalized spacial score (nSPS) is 12.1. The molecule has 0 aliphatic heterocycles. The van der Waals surface area contributed by atoms with Crippen LogP contribution in [0.25, 0.3) is 0 Å². The zero-order valence-corrected chi connectivity index (χ0v) is 8.88. The van der Waals surface area contributed by atoms with E-state index in [1.54, 1.807) is 18.6 Å². The SMILES string of the molecule is NC(CNc1cnccn1)c1ccccc1. The van der Waals surface area contributed by atoms with Crippen LogP contribution in [-0.4, -0.2) is 16.5 Å². The van der Waals surface area contributed by atoms with Crippen molar-refractivity contribution in [2.24, 2.45) is 5.73 Å². The fraction of sp³-hybridized carbons (Fsp3) is 0.167. The maximum Gasteiger partial charge on any atom is 0.144 e.